The highest BCUT2D eigenvalue weighted by Gasteiger charge is 2.23. The number of benzene rings is 1. The van der Waals surface area contributed by atoms with Crippen molar-refractivity contribution >= 4 is 22.7 Å². The van der Waals surface area contributed by atoms with Crippen LogP contribution in [0.4, 0.5) is 13.2 Å². The third kappa shape index (κ3) is 4.93. The molecule has 6 N–H and O–H groups in total. The number of nitrogens with one attached hydrogen (secondary N) is 3. The number of aliphatic hydroxyl groups excluding tert-OH is 1. The maximum Gasteiger partial charge on any atom is 0.267 e. The number of aromatic nitrogens is 1. The van der Waals surface area contributed by atoms with Crippen LogP contribution in [0.1, 0.15) is 33.5 Å². The first-order valence-electron chi connectivity index (χ1n) is 8.60. The van der Waals surface area contributed by atoms with E-state index in [1.807, 2.05) is 0 Å². The maximum atomic E-state index is 13.9. The van der Waals surface area contributed by atoms with E-state index in [4.69, 9.17) is 15.6 Å². The molecule has 11 heteroatoms. The lowest BCUT2D eigenvalue weighted by Gasteiger charge is -2.12. The minimum absolute atomic E-state index is 0.0165. The predicted molar refractivity (Wildman–Crippen MR) is 105 cm³/mol. The summed E-state index contributed by atoms with van der Waals surface area (Å²) in [6.07, 6.45) is 0.900. The molecule has 7 nitrogen and oxygen atoms in total. The number of nitrogens with two attached hydrogens (primary N) is 1. The summed E-state index contributed by atoms with van der Waals surface area (Å²) in [5, 5.41) is 20.1. The van der Waals surface area contributed by atoms with Gasteiger partial charge in [-0.15, -0.1) is 0 Å². The fraction of sp³-hybridized carbons (Fsp3) is 0.158. The number of rotatable bonds is 7. The van der Waals surface area contributed by atoms with Gasteiger partial charge in [-0.3, -0.25) is 10.2 Å². The number of aromatic amines is 1. The van der Waals surface area contributed by atoms with E-state index >= 15 is 0 Å². The van der Waals surface area contributed by atoms with Gasteiger partial charge >= 0.3 is 0 Å². The quantitative estimate of drug-likeness (QED) is 0.220. The summed E-state index contributed by atoms with van der Waals surface area (Å²) in [5.41, 5.74) is 5.19. The average molecular weight is 438 g/mol. The number of aliphatic hydroxyl groups is 1. The van der Waals surface area contributed by atoms with Crippen LogP contribution in [0.5, 0.6) is 0 Å². The molecular formula is C19H17F3N4O3S. The topological polar surface area (TPSA) is 128 Å². The molecule has 30 heavy (non-hydrogen) atoms. The fourth-order valence-electron chi connectivity index (χ4n) is 2.63. The van der Waals surface area contributed by atoms with Crippen molar-refractivity contribution in [2.24, 2.45) is 5.73 Å². The van der Waals surface area contributed by atoms with Gasteiger partial charge < -0.3 is 25.6 Å². The van der Waals surface area contributed by atoms with Crippen molar-refractivity contribution in [3.63, 3.8) is 0 Å². The Hall–Kier alpha value is -3.02. The molecule has 0 saturated carbocycles. The molecule has 158 valence electrons. The van der Waals surface area contributed by atoms with E-state index in [1.165, 1.54) is 18.5 Å². The Balaban J connectivity index is 1.60. The van der Waals surface area contributed by atoms with Crippen molar-refractivity contribution in [2.75, 3.05) is 6.54 Å². The van der Waals surface area contributed by atoms with Crippen LogP contribution in [0.15, 0.2) is 47.2 Å². The summed E-state index contributed by atoms with van der Waals surface area (Å²) in [5.74, 6) is -3.81. The number of carbonyl (C=O) groups excluding carboxylic acids is 1. The summed E-state index contributed by atoms with van der Waals surface area (Å²) in [6.45, 7) is 0.0186. The first kappa shape index (κ1) is 21.7. The van der Waals surface area contributed by atoms with E-state index in [2.05, 4.69) is 10.3 Å². The fourth-order valence-corrected chi connectivity index (χ4v) is 3.33. The Kier molecular flexibility index (Phi) is 6.65. The minimum atomic E-state index is -1.74. The number of carbonyl (C=O) groups is 1. The zero-order chi connectivity index (χ0) is 21.8. The molecule has 0 aliphatic heterocycles. The molecule has 2 aromatic heterocycles. The van der Waals surface area contributed by atoms with Crippen LogP contribution in [-0.4, -0.2) is 33.0 Å². The molecular weight excluding hydrogens is 421 g/mol. The molecule has 0 saturated heterocycles. The Morgan fingerprint density at radius 2 is 2.00 bits per heavy atom. The molecule has 2 atom stereocenters. The Labute approximate surface area is 173 Å². The zero-order valence-electron chi connectivity index (χ0n) is 15.3. The molecule has 1 aromatic carbocycles. The number of amides is 1. The lowest BCUT2D eigenvalue weighted by molar-refractivity contribution is 0.0949. The number of thioether (sulfide) groups is 1. The Morgan fingerprint density at radius 1 is 1.30 bits per heavy atom. The smallest absolute Gasteiger partial charge is 0.267 e. The van der Waals surface area contributed by atoms with Crippen molar-refractivity contribution in [3.05, 3.63) is 82.8 Å². The number of hydrogen-bond donors (Lipinski definition) is 5. The minimum Gasteiger partial charge on any atom is -0.462 e. The van der Waals surface area contributed by atoms with Gasteiger partial charge in [0.15, 0.2) is 5.76 Å². The first-order valence-corrected chi connectivity index (χ1v) is 9.48. The molecule has 1 amide bonds. The highest BCUT2D eigenvalue weighted by Crippen LogP contribution is 2.28. The van der Waals surface area contributed by atoms with E-state index in [0.717, 1.165) is 11.8 Å². The standard InChI is InChI=1S/C19H17F3N4O3S/c20-10-5-11(21)16(12(22)6-10)17(27)9-4-13(25-7-9)19(28)26-8-15(23)30-18(24)14-2-1-3-29-14/h1-7,15,17,24-25,27H,8,23H2,(H,26,28). The monoisotopic (exact) mass is 438 g/mol. The molecule has 0 radical (unpaired) electrons. The second-order valence-corrected chi connectivity index (χ2v) is 7.45. The second kappa shape index (κ2) is 9.20. The molecule has 0 bridgehead atoms. The van der Waals surface area contributed by atoms with Crippen molar-refractivity contribution in [1.29, 1.82) is 5.41 Å². The molecule has 2 heterocycles. The van der Waals surface area contributed by atoms with Crippen molar-refractivity contribution in [2.45, 2.75) is 11.5 Å². The van der Waals surface area contributed by atoms with Crippen molar-refractivity contribution in [1.82, 2.24) is 10.3 Å². The van der Waals surface area contributed by atoms with E-state index in [9.17, 15) is 23.1 Å². The van der Waals surface area contributed by atoms with Crippen molar-refractivity contribution < 1.29 is 27.5 Å². The summed E-state index contributed by atoms with van der Waals surface area (Å²) in [7, 11) is 0. The van der Waals surface area contributed by atoms with E-state index in [1.54, 1.807) is 12.1 Å². The lowest BCUT2D eigenvalue weighted by Crippen LogP contribution is -2.36. The molecule has 0 spiro atoms. The van der Waals surface area contributed by atoms with Crippen LogP contribution in [0.25, 0.3) is 0 Å². The molecule has 0 aliphatic carbocycles. The van der Waals surface area contributed by atoms with Gasteiger partial charge in [0.1, 0.15) is 34.3 Å². The Morgan fingerprint density at radius 3 is 2.63 bits per heavy atom. The first-order chi connectivity index (χ1) is 14.3. The van der Waals surface area contributed by atoms with Gasteiger partial charge in [-0.05, 0) is 18.2 Å². The predicted octanol–water partition coefficient (Wildman–Crippen LogP) is 2.88. The third-order valence-electron chi connectivity index (χ3n) is 4.06. The van der Waals surface area contributed by atoms with Gasteiger partial charge in [-0.2, -0.15) is 0 Å². The molecule has 2 unspecified atom stereocenters. The number of furan rings is 1. The summed E-state index contributed by atoms with van der Waals surface area (Å²) >= 11 is 0.995. The van der Waals surface area contributed by atoms with Crippen LogP contribution < -0.4 is 11.1 Å². The van der Waals surface area contributed by atoms with Crippen LogP contribution in [-0.2, 0) is 0 Å². The van der Waals surface area contributed by atoms with Gasteiger partial charge in [0, 0.05) is 30.4 Å². The largest absolute Gasteiger partial charge is 0.462 e. The summed E-state index contributed by atoms with van der Waals surface area (Å²) in [4.78, 5) is 14.9. The van der Waals surface area contributed by atoms with Gasteiger partial charge in [0.2, 0.25) is 0 Å². The van der Waals surface area contributed by atoms with Gasteiger partial charge in [0.25, 0.3) is 5.91 Å². The van der Waals surface area contributed by atoms with Crippen LogP contribution >= 0.6 is 11.8 Å². The summed E-state index contributed by atoms with van der Waals surface area (Å²) < 4.78 is 45.8. The van der Waals surface area contributed by atoms with Gasteiger partial charge in [-0.1, -0.05) is 11.8 Å². The van der Waals surface area contributed by atoms with E-state index in [0.29, 0.717) is 17.9 Å². The SMILES string of the molecule is N=C(SC(N)CNC(=O)c1cc(C(O)c2c(F)cc(F)cc2F)c[nH]1)c1ccco1. The van der Waals surface area contributed by atoms with Crippen LogP contribution in [0.2, 0.25) is 0 Å². The number of halogens is 3. The van der Waals surface area contributed by atoms with Crippen LogP contribution in [0.3, 0.4) is 0 Å². The highest BCUT2D eigenvalue weighted by atomic mass is 32.2. The number of H-pyrrole nitrogens is 1. The van der Waals surface area contributed by atoms with Crippen LogP contribution in [0, 0.1) is 22.9 Å². The van der Waals surface area contributed by atoms with E-state index < -0.39 is 40.4 Å². The van der Waals surface area contributed by atoms with E-state index in [-0.39, 0.29) is 22.8 Å². The number of hydrogen-bond acceptors (Lipinski definition) is 6. The summed E-state index contributed by atoms with van der Waals surface area (Å²) in [6, 6.07) is 5.38. The molecule has 3 rings (SSSR count). The normalized spacial score (nSPS) is 13.1. The maximum absolute atomic E-state index is 13.9. The Bertz CT molecular complexity index is 1030. The molecule has 0 aliphatic rings. The average Bonchev–Trinajstić information content (AvgIpc) is 3.37. The van der Waals surface area contributed by atoms with Crippen molar-refractivity contribution in [3.8, 4) is 0 Å². The van der Waals surface area contributed by atoms with Gasteiger partial charge in [0.05, 0.1) is 17.2 Å². The molecule has 0 fully saturated rings. The second-order valence-electron chi connectivity index (χ2n) is 6.21. The molecule has 3 aromatic rings. The third-order valence-corrected chi connectivity index (χ3v) is 4.97. The van der Waals surface area contributed by atoms with Gasteiger partial charge in [-0.25, -0.2) is 13.2 Å². The highest BCUT2D eigenvalue weighted by molar-refractivity contribution is 8.14. The lowest BCUT2D eigenvalue weighted by atomic mass is 10.0. The zero-order valence-corrected chi connectivity index (χ0v) is 16.1.